The SMILES string of the molecule is Cc1c(F)ccc2scc(Cl)c12. The largest absolute Gasteiger partial charge is 0.207 e. The van der Waals surface area contributed by atoms with E-state index < -0.39 is 0 Å². The van der Waals surface area contributed by atoms with Crippen LogP contribution in [0.15, 0.2) is 17.5 Å². The third kappa shape index (κ3) is 1.03. The Kier molecular flexibility index (Phi) is 1.81. The summed E-state index contributed by atoms with van der Waals surface area (Å²) in [6, 6.07) is 3.23. The van der Waals surface area contributed by atoms with E-state index in [1.165, 1.54) is 17.4 Å². The van der Waals surface area contributed by atoms with Gasteiger partial charge in [-0.3, -0.25) is 0 Å². The zero-order chi connectivity index (χ0) is 8.72. The molecule has 62 valence electrons. The number of hydrogen-bond acceptors (Lipinski definition) is 1. The van der Waals surface area contributed by atoms with Crippen LogP contribution in [0.5, 0.6) is 0 Å². The van der Waals surface area contributed by atoms with Crippen LogP contribution in [0.3, 0.4) is 0 Å². The van der Waals surface area contributed by atoms with Gasteiger partial charge in [0.25, 0.3) is 0 Å². The van der Waals surface area contributed by atoms with E-state index in [2.05, 4.69) is 0 Å². The number of rotatable bonds is 0. The minimum Gasteiger partial charge on any atom is -0.207 e. The molecule has 2 aromatic rings. The highest BCUT2D eigenvalue weighted by atomic mass is 35.5. The van der Waals surface area contributed by atoms with E-state index in [0.29, 0.717) is 10.6 Å². The first kappa shape index (κ1) is 8.02. The molecule has 0 fully saturated rings. The number of thiophene rings is 1. The molecule has 0 aliphatic heterocycles. The smallest absolute Gasteiger partial charge is 0.126 e. The van der Waals surface area contributed by atoms with Crippen LogP contribution in [0.4, 0.5) is 4.39 Å². The molecule has 0 aliphatic rings. The lowest BCUT2D eigenvalue weighted by molar-refractivity contribution is 0.621. The van der Waals surface area contributed by atoms with Crippen LogP contribution in [-0.2, 0) is 0 Å². The van der Waals surface area contributed by atoms with Gasteiger partial charge in [-0.25, -0.2) is 4.39 Å². The van der Waals surface area contributed by atoms with Crippen molar-refractivity contribution in [2.45, 2.75) is 6.92 Å². The molecule has 0 atom stereocenters. The summed E-state index contributed by atoms with van der Waals surface area (Å²) in [6.07, 6.45) is 0. The summed E-state index contributed by atoms with van der Waals surface area (Å²) in [6.45, 7) is 1.75. The molecule has 2 rings (SSSR count). The Labute approximate surface area is 78.6 Å². The standard InChI is InChI=1S/C9H6ClFS/c1-5-7(11)2-3-8-9(5)6(10)4-12-8/h2-4H,1H3. The van der Waals surface area contributed by atoms with Gasteiger partial charge in [-0.2, -0.15) is 0 Å². The third-order valence-corrected chi connectivity index (χ3v) is 3.26. The van der Waals surface area contributed by atoms with E-state index >= 15 is 0 Å². The van der Waals surface area contributed by atoms with E-state index in [9.17, 15) is 4.39 Å². The Morgan fingerprint density at radius 2 is 2.17 bits per heavy atom. The van der Waals surface area contributed by atoms with Crippen molar-refractivity contribution in [1.82, 2.24) is 0 Å². The number of hydrogen-bond donors (Lipinski definition) is 0. The summed E-state index contributed by atoms with van der Waals surface area (Å²) in [5.74, 6) is -0.192. The van der Waals surface area contributed by atoms with Gasteiger partial charge in [0, 0.05) is 15.5 Å². The number of aryl methyl sites for hydroxylation is 1. The normalized spacial score (nSPS) is 10.9. The van der Waals surface area contributed by atoms with Crippen LogP contribution in [0, 0.1) is 12.7 Å². The van der Waals surface area contributed by atoms with E-state index in [1.807, 2.05) is 5.38 Å². The van der Waals surface area contributed by atoms with Crippen molar-refractivity contribution in [3.05, 3.63) is 33.9 Å². The summed E-state index contributed by atoms with van der Waals surface area (Å²) in [4.78, 5) is 0. The molecular formula is C9H6ClFS. The van der Waals surface area contributed by atoms with Crippen molar-refractivity contribution < 1.29 is 4.39 Å². The first-order chi connectivity index (χ1) is 5.70. The highest BCUT2D eigenvalue weighted by Gasteiger charge is 2.07. The predicted molar refractivity (Wildman–Crippen MR) is 51.5 cm³/mol. The third-order valence-electron chi connectivity index (χ3n) is 1.89. The Morgan fingerprint density at radius 1 is 1.42 bits per heavy atom. The van der Waals surface area contributed by atoms with Crippen LogP contribution < -0.4 is 0 Å². The molecule has 0 unspecified atom stereocenters. The van der Waals surface area contributed by atoms with E-state index in [0.717, 1.165) is 10.1 Å². The molecule has 0 saturated carbocycles. The lowest BCUT2D eigenvalue weighted by Gasteiger charge is -1.97. The van der Waals surface area contributed by atoms with Crippen molar-refractivity contribution in [3.63, 3.8) is 0 Å². The monoisotopic (exact) mass is 200 g/mol. The molecule has 0 nitrogen and oxygen atoms in total. The maximum absolute atomic E-state index is 13.1. The maximum atomic E-state index is 13.1. The van der Waals surface area contributed by atoms with E-state index in [1.54, 1.807) is 13.0 Å². The summed E-state index contributed by atoms with van der Waals surface area (Å²) in [5.41, 5.74) is 0.638. The predicted octanol–water partition coefficient (Wildman–Crippen LogP) is 4.00. The van der Waals surface area contributed by atoms with Crippen molar-refractivity contribution in [2.75, 3.05) is 0 Å². The molecule has 1 aromatic carbocycles. The number of fused-ring (bicyclic) bond motifs is 1. The van der Waals surface area contributed by atoms with Gasteiger partial charge in [0.05, 0.1) is 5.02 Å². The molecule has 3 heteroatoms. The van der Waals surface area contributed by atoms with E-state index in [-0.39, 0.29) is 5.82 Å². The molecule has 0 amide bonds. The second-order valence-corrected chi connectivity index (χ2v) is 3.95. The summed E-state index contributed by atoms with van der Waals surface area (Å²) >= 11 is 7.43. The molecular weight excluding hydrogens is 195 g/mol. The molecule has 0 N–H and O–H groups in total. The minimum atomic E-state index is -0.192. The quantitative estimate of drug-likeness (QED) is 0.603. The molecule has 0 radical (unpaired) electrons. The summed E-state index contributed by atoms with van der Waals surface area (Å²) < 4.78 is 14.1. The summed E-state index contributed by atoms with van der Waals surface area (Å²) in [7, 11) is 0. The zero-order valence-corrected chi connectivity index (χ0v) is 7.97. The average Bonchev–Trinajstić information content (AvgIpc) is 2.41. The molecule has 0 bridgehead atoms. The second-order valence-electron chi connectivity index (χ2n) is 2.63. The minimum absolute atomic E-state index is 0.192. The van der Waals surface area contributed by atoms with Crippen molar-refractivity contribution in [3.8, 4) is 0 Å². The number of benzene rings is 1. The van der Waals surface area contributed by atoms with Gasteiger partial charge in [-0.05, 0) is 24.6 Å². The molecule has 1 heterocycles. The van der Waals surface area contributed by atoms with Crippen LogP contribution in [0.2, 0.25) is 5.02 Å². The van der Waals surface area contributed by atoms with Crippen molar-refractivity contribution in [2.24, 2.45) is 0 Å². The van der Waals surface area contributed by atoms with Gasteiger partial charge in [0.15, 0.2) is 0 Å². The molecule has 0 spiro atoms. The number of halogens is 2. The van der Waals surface area contributed by atoms with Gasteiger partial charge in [-0.15, -0.1) is 11.3 Å². The second kappa shape index (κ2) is 2.71. The highest BCUT2D eigenvalue weighted by Crippen LogP contribution is 2.33. The molecule has 0 saturated heterocycles. The highest BCUT2D eigenvalue weighted by molar-refractivity contribution is 7.17. The van der Waals surface area contributed by atoms with Gasteiger partial charge < -0.3 is 0 Å². The fourth-order valence-electron chi connectivity index (χ4n) is 1.23. The van der Waals surface area contributed by atoms with Gasteiger partial charge in [0.1, 0.15) is 5.82 Å². The van der Waals surface area contributed by atoms with Crippen molar-refractivity contribution in [1.29, 1.82) is 0 Å². The topological polar surface area (TPSA) is 0 Å². The molecule has 1 aromatic heterocycles. The average molecular weight is 201 g/mol. The van der Waals surface area contributed by atoms with Crippen LogP contribution in [0.1, 0.15) is 5.56 Å². The van der Waals surface area contributed by atoms with Gasteiger partial charge in [-0.1, -0.05) is 11.6 Å². The fourth-order valence-corrected chi connectivity index (χ4v) is 2.54. The Bertz CT molecular complexity index is 433. The maximum Gasteiger partial charge on any atom is 0.126 e. The zero-order valence-electron chi connectivity index (χ0n) is 6.40. The van der Waals surface area contributed by atoms with Gasteiger partial charge in [0.2, 0.25) is 0 Å². The first-order valence-corrected chi connectivity index (χ1v) is 4.77. The van der Waals surface area contributed by atoms with Crippen molar-refractivity contribution >= 4 is 33.0 Å². The van der Waals surface area contributed by atoms with Crippen LogP contribution in [-0.4, -0.2) is 0 Å². The van der Waals surface area contributed by atoms with Crippen LogP contribution >= 0.6 is 22.9 Å². The molecule has 12 heavy (non-hydrogen) atoms. The Morgan fingerprint density at radius 3 is 2.92 bits per heavy atom. The van der Waals surface area contributed by atoms with Crippen LogP contribution in [0.25, 0.3) is 10.1 Å². The summed E-state index contributed by atoms with van der Waals surface area (Å²) in [5, 5.41) is 3.33. The Hall–Kier alpha value is -0.600. The lowest BCUT2D eigenvalue weighted by atomic mass is 10.1. The first-order valence-electron chi connectivity index (χ1n) is 3.52. The Balaban J connectivity index is 2.96. The lowest BCUT2D eigenvalue weighted by Crippen LogP contribution is -1.80. The fraction of sp³-hybridized carbons (Fsp3) is 0.111. The van der Waals surface area contributed by atoms with E-state index in [4.69, 9.17) is 11.6 Å². The van der Waals surface area contributed by atoms with Gasteiger partial charge >= 0.3 is 0 Å². The molecule has 0 aliphatic carbocycles.